The zero-order valence-corrected chi connectivity index (χ0v) is 15.6. The van der Waals surface area contributed by atoms with Crippen molar-refractivity contribution in [3.8, 4) is 17.1 Å². The maximum Gasteiger partial charge on any atom is 0.265 e. The van der Waals surface area contributed by atoms with Gasteiger partial charge in [0.05, 0.1) is 4.47 Å². The van der Waals surface area contributed by atoms with Crippen LogP contribution in [0.1, 0.15) is 6.92 Å². The molecule has 1 aromatic heterocycles. The Morgan fingerprint density at radius 2 is 2.04 bits per heavy atom. The van der Waals surface area contributed by atoms with Gasteiger partial charge in [-0.3, -0.25) is 4.79 Å². The molecular weight excluding hydrogens is 406 g/mol. The second-order valence-electron chi connectivity index (χ2n) is 5.34. The molecule has 0 fully saturated rings. The van der Waals surface area contributed by atoms with E-state index in [1.54, 1.807) is 37.5 Å². The normalized spacial score (nSPS) is 11.8. The van der Waals surface area contributed by atoms with Gasteiger partial charge in [-0.05, 0) is 65.3 Å². The van der Waals surface area contributed by atoms with Gasteiger partial charge in [-0.2, -0.15) is 0 Å². The smallest absolute Gasteiger partial charge is 0.265 e. The second-order valence-corrected chi connectivity index (χ2v) is 6.63. The molecule has 1 amide bonds. The largest absolute Gasteiger partial charge is 0.480 e. The molecule has 25 heavy (non-hydrogen) atoms. The molecule has 1 unspecified atom stereocenters. The number of hydrogen-bond acceptors (Lipinski definition) is 3. The SMILES string of the molecule is CC(Oc1ccc(Cl)cc1Br)C(=O)Nc1ccc(-c2ncc[nH]2)cc1. The molecule has 3 aromatic rings. The lowest BCUT2D eigenvalue weighted by Gasteiger charge is -2.16. The van der Waals surface area contributed by atoms with Crippen LogP contribution < -0.4 is 10.1 Å². The first-order chi connectivity index (χ1) is 12.0. The quantitative estimate of drug-likeness (QED) is 0.617. The van der Waals surface area contributed by atoms with E-state index in [9.17, 15) is 4.79 Å². The standard InChI is InChI=1S/C18H15BrClN3O2/c1-11(25-16-7-4-13(20)10-15(16)19)18(24)23-14-5-2-12(3-6-14)17-21-8-9-22-17/h2-11H,1H3,(H,21,22)(H,23,24). The summed E-state index contributed by atoms with van der Waals surface area (Å²) in [6.45, 7) is 1.69. The number of carbonyl (C=O) groups excluding carboxylic acids is 1. The molecule has 128 valence electrons. The van der Waals surface area contributed by atoms with Crippen molar-refractivity contribution in [2.75, 3.05) is 5.32 Å². The number of hydrogen-bond donors (Lipinski definition) is 2. The van der Waals surface area contributed by atoms with Crippen molar-refractivity contribution in [2.24, 2.45) is 0 Å². The summed E-state index contributed by atoms with van der Waals surface area (Å²) in [5.74, 6) is 1.09. The fourth-order valence-corrected chi connectivity index (χ4v) is 2.97. The first-order valence-corrected chi connectivity index (χ1v) is 8.72. The molecule has 1 atom stereocenters. The Labute approximate surface area is 158 Å². The molecule has 0 saturated heterocycles. The van der Waals surface area contributed by atoms with Crippen molar-refractivity contribution in [1.82, 2.24) is 9.97 Å². The highest BCUT2D eigenvalue weighted by atomic mass is 79.9. The van der Waals surface area contributed by atoms with Gasteiger partial charge in [0, 0.05) is 28.7 Å². The third-order valence-electron chi connectivity index (χ3n) is 3.49. The zero-order chi connectivity index (χ0) is 17.8. The monoisotopic (exact) mass is 419 g/mol. The summed E-state index contributed by atoms with van der Waals surface area (Å²) >= 11 is 9.27. The van der Waals surface area contributed by atoms with Crippen LogP contribution in [0.5, 0.6) is 5.75 Å². The van der Waals surface area contributed by atoms with Crippen molar-refractivity contribution < 1.29 is 9.53 Å². The number of ether oxygens (including phenoxy) is 1. The lowest BCUT2D eigenvalue weighted by molar-refractivity contribution is -0.122. The van der Waals surface area contributed by atoms with Crippen LogP contribution in [0.4, 0.5) is 5.69 Å². The zero-order valence-electron chi connectivity index (χ0n) is 13.3. The lowest BCUT2D eigenvalue weighted by atomic mass is 10.2. The molecular formula is C18H15BrClN3O2. The first-order valence-electron chi connectivity index (χ1n) is 7.55. The average molecular weight is 421 g/mol. The van der Waals surface area contributed by atoms with E-state index in [1.165, 1.54) is 0 Å². The number of rotatable bonds is 5. The number of anilines is 1. The Hall–Kier alpha value is -2.31. The molecule has 1 heterocycles. The van der Waals surface area contributed by atoms with E-state index in [0.717, 1.165) is 11.4 Å². The number of imidazole rings is 1. The van der Waals surface area contributed by atoms with Crippen LogP contribution >= 0.6 is 27.5 Å². The number of aromatic amines is 1. The molecule has 3 rings (SSSR count). The summed E-state index contributed by atoms with van der Waals surface area (Å²) in [6.07, 6.45) is 2.79. The number of benzene rings is 2. The Kier molecular flexibility index (Phi) is 5.40. The fraction of sp³-hybridized carbons (Fsp3) is 0.111. The molecule has 2 N–H and O–H groups in total. The predicted octanol–water partition coefficient (Wildman–Crippen LogP) is 4.90. The molecule has 2 aromatic carbocycles. The Morgan fingerprint density at radius 1 is 1.28 bits per heavy atom. The Bertz CT molecular complexity index is 867. The molecule has 0 aliphatic heterocycles. The van der Waals surface area contributed by atoms with Gasteiger partial charge < -0.3 is 15.0 Å². The third kappa shape index (κ3) is 4.41. The van der Waals surface area contributed by atoms with Gasteiger partial charge in [-0.15, -0.1) is 0 Å². The Morgan fingerprint density at radius 3 is 2.68 bits per heavy atom. The van der Waals surface area contributed by atoms with E-state index in [-0.39, 0.29) is 5.91 Å². The molecule has 0 bridgehead atoms. The summed E-state index contributed by atoms with van der Waals surface area (Å²) in [7, 11) is 0. The molecule has 0 saturated carbocycles. The lowest BCUT2D eigenvalue weighted by Crippen LogP contribution is -2.30. The number of nitrogens with one attached hydrogen (secondary N) is 2. The maximum atomic E-state index is 12.3. The number of amides is 1. The highest BCUT2D eigenvalue weighted by Crippen LogP contribution is 2.29. The fourth-order valence-electron chi connectivity index (χ4n) is 2.19. The van der Waals surface area contributed by atoms with Crippen LogP contribution in [-0.4, -0.2) is 22.0 Å². The number of halogens is 2. The van der Waals surface area contributed by atoms with Crippen LogP contribution in [0.3, 0.4) is 0 Å². The summed E-state index contributed by atoms with van der Waals surface area (Å²) in [5, 5.41) is 3.42. The van der Waals surface area contributed by atoms with Gasteiger partial charge in [0.1, 0.15) is 11.6 Å². The van der Waals surface area contributed by atoms with Crippen LogP contribution in [-0.2, 0) is 4.79 Å². The summed E-state index contributed by atoms with van der Waals surface area (Å²) < 4.78 is 6.38. The van der Waals surface area contributed by atoms with Crippen molar-refractivity contribution in [3.05, 3.63) is 64.4 Å². The highest BCUT2D eigenvalue weighted by molar-refractivity contribution is 9.10. The molecule has 5 nitrogen and oxygen atoms in total. The minimum absolute atomic E-state index is 0.243. The third-order valence-corrected chi connectivity index (χ3v) is 4.35. The van der Waals surface area contributed by atoms with Crippen molar-refractivity contribution in [2.45, 2.75) is 13.0 Å². The molecule has 0 aliphatic carbocycles. The van der Waals surface area contributed by atoms with E-state index in [4.69, 9.17) is 16.3 Å². The first kappa shape index (κ1) is 17.5. The minimum Gasteiger partial charge on any atom is -0.480 e. The molecule has 0 aliphatic rings. The second kappa shape index (κ2) is 7.72. The van der Waals surface area contributed by atoms with E-state index >= 15 is 0 Å². The predicted molar refractivity (Wildman–Crippen MR) is 102 cm³/mol. The van der Waals surface area contributed by atoms with Crippen LogP contribution in [0, 0.1) is 0 Å². The average Bonchev–Trinajstić information content (AvgIpc) is 3.12. The van der Waals surface area contributed by atoms with Crippen molar-refractivity contribution in [1.29, 1.82) is 0 Å². The summed E-state index contributed by atoms with van der Waals surface area (Å²) in [4.78, 5) is 19.5. The summed E-state index contributed by atoms with van der Waals surface area (Å²) in [6, 6.07) is 12.6. The van der Waals surface area contributed by atoms with E-state index < -0.39 is 6.10 Å². The number of aromatic nitrogens is 2. The van der Waals surface area contributed by atoms with Gasteiger partial charge in [-0.1, -0.05) is 11.6 Å². The van der Waals surface area contributed by atoms with Crippen molar-refractivity contribution in [3.63, 3.8) is 0 Å². The van der Waals surface area contributed by atoms with Gasteiger partial charge in [0.15, 0.2) is 6.10 Å². The number of nitrogens with zero attached hydrogens (tertiary/aromatic N) is 1. The van der Waals surface area contributed by atoms with Crippen LogP contribution in [0.25, 0.3) is 11.4 Å². The highest BCUT2D eigenvalue weighted by Gasteiger charge is 2.16. The van der Waals surface area contributed by atoms with Crippen LogP contribution in [0.2, 0.25) is 5.02 Å². The van der Waals surface area contributed by atoms with E-state index in [2.05, 4.69) is 31.2 Å². The van der Waals surface area contributed by atoms with Gasteiger partial charge in [0.2, 0.25) is 0 Å². The topological polar surface area (TPSA) is 67.0 Å². The van der Waals surface area contributed by atoms with Crippen molar-refractivity contribution >= 4 is 39.1 Å². The Balaban J connectivity index is 1.63. The number of carbonyl (C=O) groups is 1. The van der Waals surface area contributed by atoms with Gasteiger partial charge in [0.25, 0.3) is 5.91 Å². The maximum absolute atomic E-state index is 12.3. The van der Waals surface area contributed by atoms with Gasteiger partial charge in [-0.25, -0.2) is 4.98 Å². The molecule has 0 radical (unpaired) electrons. The molecule has 0 spiro atoms. The number of H-pyrrole nitrogens is 1. The van der Waals surface area contributed by atoms with E-state index in [1.807, 2.05) is 24.3 Å². The minimum atomic E-state index is -0.665. The van der Waals surface area contributed by atoms with Gasteiger partial charge >= 0.3 is 0 Å². The molecule has 7 heteroatoms. The van der Waals surface area contributed by atoms with Crippen LogP contribution in [0.15, 0.2) is 59.3 Å². The summed E-state index contributed by atoms with van der Waals surface area (Å²) in [5.41, 5.74) is 1.63. The van der Waals surface area contributed by atoms with E-state index in [0.29, 0.717) is 20.9 Å².